The molecule has 1 aromatic carbocycles. The number of aryl methyl sites for hydroxylation is 1. The van der Waals surface area contributed by atoms with Crippen LogP contribution in [0.1, 0.15) is 45.6 Å². The molecule has 0 radical (unpaired) electrons. The zero-order valence-electron chi connectivity index (χ0n) is 14.8. The number of allylic oxidation sites excluding steroid dienone is 1. The average Bonchev–Trinajstić information content (AvgIpc) is 2.45. The van der Waals surface area contributed by atoms with E-state index < -0.39 is 5.60 Å². The minimum atomic E-state index is -0.432. The molecule has 0 N–H and O–H groups in total. The highest BCUT2D eigenvalue weighted by molar-refractivity contribution is 14.1. The summed E-state index contributed by atoms with van der Waals surface area (Å²) < 4.78 is 12.8. The molecule has 0 aliphatic heterocycles. The zero-order valence-corrected chi connectivity index (χ0v) is 19.1. The second kappa shape index (κ2) is 10.6. The molecule has 1 atom stereocenters. The van der Waals surface area contributed by atoms with Gasteiger partial charge in [-0.3, -0.25) is 0 Å². The van der Waals surface area contributed by atoms with E-state index in [2.05, 4.69) is 64.2 Å². The van der Waals surface area contributed by atoms with Crippen LogP contribution in [-0.4, -0.2) is 22.1 Å². The van der Waals surface area contributed by atoms with Crippen molar-refractivity contribution in [3.05, 3.63) is 39.5 Å². The van der Waals surface area contributed by atoms with Crippen LogP contribution >= 0.6 is 45.2 Å². The number of benzene rings is 1. The molecule has 0 spiro atoms. The van der Waals surface area contributed by atoms with Gasteiger partial charge in [-0.05, 0) is 87.2 Å². The van der Waals surface area contributed by atoms with Crippen molar-refractivity contribution in [2.75, 3.05) is 6.61 Å². The number of carbonyl (C=O) groups excluding carboxylic acids is 1. The SMILES string of the molecule is Cc1ccc(OCCC(I)CC/C=C/C(=O)OC(C)(C)C)cc1I. The van der Waals surface area contributed by atoms with Crippen molar-refractivity contribution in [3.63, 3.8) is 0 Å². The highest BCUT2D eigenvalue weighted by Crippen LogP contribution is 2.20. The van der Waals surface area contributed by atoms with E-state index in [9.17, 15) is 4.79 Å². The van der Waals surface area contributed by atoms with Gasteiger partial charge in [-0.1, -0.05) is 34.7 Å². The molecule has 0 aromatic heterocycles. The molecule has 0 saturated heterocycles. The lowest BCUT2D eigenvalue weighted by Gasteiger charge is -2.17. The van der Waals surface area contributed by atoms with Gasteiger partial charge in [0.15, 0.2) is 0 Å². The van der Waals surface area contributed by atoms with Crippen LogP contribution in [0.15, 0.2) is 30.4 Å². The predicted octanol–water partition coefficient (Wildman–Crippen LogP) is 5.85. The summed E-state index contributed by atoms with van der Waals surface area (Å²) in [7, 11) is 0. The van der Waals surface area contributed by atoms with Crippen molar-refractivity contribution in [2.24, 2.45) is 0 Å². The first-order valence-corrected chi connectivity index (χ1v) is 10.4. The lowest BCUT2D eigenvalue weighted by Crippen LogP contribution is -2.22. The van der Waals surface area contributed by atoms with Crippen LogP contribution in [0.3, 0.4) is 0 Å². The number of carbonyl (C=O) groups is 1. The minimum absolute atomic E-state index is 0.273. The molecule has 0 heterocycles. The molecule has 3 nitrogen and oxygen atoms in total. The van der Waals surface area contributed by atoms with Crippen LogP contribution in [0.2, 0.25) is 0 Å². The molecule has 0 saturated carbocycles. The summed E-state index contributed by atoms with van der Waals surface area (Å²) in [5.41, 5.74) is 0.838. The number of esters is 1. The van der Waals surface area contributed by atoms with Gasteiger partial charge < -0.3 is 9.47 Å². The normalized spacial score (nSPS) is 13.1. The second-order valence-corrected chi connectivity index (χ2v) is 9.58. The molecule has 1 rings (SSSR count). The molecule has 24 heavy (non-hydrogen) atoms. The predicted molar refractivity (Wildman–Crippen MR) is 116 cm³/mol. The molecular weight excluding hydrogens is 530 g/mol. The molecule has 5 heteroatoms. The van der Waals surface area contributed by atoms with E-state index in [1.165, 1.54) is 15.2 Å². The topological polar surface area (TPSA) is 35.5 Å². The van der Waals surface area contributed by atoms with E-state index in [0.717, 1.165) is 25.0 Å². The van der Waals surface area contributed by atoms with E-state index >= 15 is 0 Å². The van der Waals surface area contributed by atoms with Gasteiger partial charge in [-0.25, -0.2) is 4.79 Å². The van der Waals surface area contributed by atoms with E-state index in [1.807, 2.05) is 32.9 Å². The number of halogens is 2. The summed E-state index contributed by atoms with van der Waals surface area (Å²) in [5, 5.41) is 0. The standard InChI is InChI=1S/C19H26I2O3/c1-14-9-10-16(13-17(14)21)23-12-11-15(20)7-5-6-8-18(22)24-19(2,3)4/h6,8-10,13,15H,5,7,11-12H2,1-4H3/b8-6+. The van der Waals surface area contributed by atoms with Crippen molar-refractivity contribution >= 4 is 51.2 Å². The van der Waals surface area contributed by atoms with E-state index in [0.29, 0.717) is 10.5 Å². The van der Waals surface area contributed by atoms with E-state index in [4.69, 9.17) is 9.47 Å². The molecule has 1 unspecified atom stereocenters. The fourth-order valence-corrected chi connectivity index (χ4v) is 3.01. The van der Waals surface area contributed by atoms with Crippen LogP contribution in [0, 0.1) is 10.5 Å². The first kappa shape index (κ1) is 21.7. The van der Waals surface area contributed by atoms with Crippen molar-refractivity contribution < 1.29 is 14.3 Å². The van der Waals surface area contributed by atoms with Gasteiger partial charge in [0.05, 0.1) is 6.61 Å². The van der Waals surface area contributed by atoms with Crippen LogP contribution in [0.5, 0.6) is 5.75 Å². The van der Waals surface area contributed by atoms with Gasteiger partial charge in [0.2, 0.25) is 0 Å². The monoisotopic (exact) mass is 556 g/mol. The zero-order chi connectivity index (χ0) is 18.2. The van der Waals surface area contributed by atoms with Gasteiger partial charge in [-0.2, -0.15) is 0 Å². The summed E-state index contributed by atoms with van der Waals surface area (Å²) in [6, 6.07) is 6.17. The highest BCUT2D eigenvalue weighted by atomic mass is 127. The third kappa shape index (κ3) is 9.86. The third-order valence-corrected chi connectivity index (χ3v) is 5.56. The Hall–Kier alpha value is -0.310. The Morgan fingerprint density at radius 3 is 2.62 bits per heavy atom. The largest absolute Gasteiger partial charge is 0.494 e. The number of alkyl halides is 1. The van der Waals surface area contributed by atoms with Crippen molar-refractivity contribution in [1.82, 2.24) is 0 Å². The molecule has 0 fully saturated rings. The van der Waals surface area contributed by atoms with Crippen molar-refractivity contribution in [2.45, 2.75) is 56.5 Å². The smallest absolute Gasteiger partial charge is 0.330 e. The minimum Gasteiger partial charge on any atom is -0.494 e. The molecule has 0 aliphatic carbocycles. The number of hydrogen-bond acceptors (Lipinski definition) is 3. The lowest BCUT2D eigenvalue weighted by atomic mass is 10.2. The van der Waals surface area contributed by atoms with Crippen molar-refractivity contribution in [3.8, 4) is 5.75 Å². The maximum absolute atomic E-state index is 11.6. The van der Waals surface area contributed by atoms with Crippen LogP contribution in [0.25, 0.3) is 0 Å². The van der Waals surface area contributed by atoms with Crippen molar-refractivity contribution in [1.29, 1.82) is 0 Å². The van der Waals surface area contributed by atoms with Gasteiger partial charge in [0, 0.05) is 13.6 Å². The van der Waals surface area contributed by atoms with Gasteiger partial charge in [0.25, 0.3) is 0 Å². The summed E-state index contributed by atoms with van der Waals surface area (Å²) in [5.74, 6) is 0.656. The average molecular weight is 556 g/mol. The Bertz CT molecular complexity index is 562. The molecule has 134 valence electrons. The van der Waals surface area contributed by atoms with E-state index in [1.54, 1.807) is 0 Å². The van der Waals surface area contributed by atoms with Gasteiger partial charge >= 0.3 is 5.97 Å². The van der Waals surface area contributed by atoms with Crippen LogP contribution in [0.4, 0.5) is 0 Å². The first-order valence-electron chi connectivity index (χ1n) is 8.10. The lowest BCUT2D eigenvalue weighted by molar-refractivity contribution is -0.148. The Labute approximate surface area is 172 Å². The molecule has 0 bridgehead atoms. The maximum Gasteiger partial charge on any atom is 0.330 e. The fourth-order valence-electron chi connectivity index (χ4n) is 1.90. The Balaban J connectivity index is 2.21. The Morgan fingerprint density at radius 2 is 2.00 bits per heavy atom. The first-order chi connectivity index (χ1) is 11.2. The molecule has 1 aromatic rings. The fraction of sp³-hybridized carbons (Fsp3) is 0.526. The highest BCUT2D eigenvalue weighted by Gasteiger charge is 2.13. The van der Waals surface area contributed by atoms with Crippen LogP contribution < -0.4 is 4.74 Å². The quantitative estimate of drug-likeness (QED) is 0.175. The summed E-state index contributed by atoms with van der Waals surface area (Å²) in [6.07, 6.45) is 6.30. The summed E-state index contributed by atoms with van der Waals surface area (Å²) in [4.78, 5) is 11.6. The number of ether oxygens (including phenoxy) is 2. The third-order valence-electron chi connectivity index (χ3n) is 3.15. The Morgan fingerprint density at radius 1 is 1.29 bits per heavy atom. The maximum atomic E-state index is 11.6. The number of hydrogen-bond donors (Lipinski definition) is 0. The second-order valence-electron chi connectivity index (χ2n) is 6.66. The Kier molecular flexibility index (Phi) is 9.63. The summed E-state index contributed by atoms with van der Waals surface area (Å²) >= 11 is 4.77. The van der Waals surface area contributed by atoms with Gasteiger partial charge in [0.1, 0.15) is 11.4 Å². The van der Waals surface area contributed by atoms with Gasteiger partial charge in [-0.15, -0.1) is 0 Å². The molecule has 0 aliphatic rings. The van der Waals surface area contributed by atoms with E-state index in [-0.39, 0.29) is 5.97 Å². The summed E-state index contributed by atoms with van der Waals surface area (Å²) in [6.45, 7) is 8.41. The molecule has 0 amide bonds. The molecular formula is C19H26I2O3. The number of rotatable bonds is 8. The van der Waals surface area contributed by atoms with Crippen LogP contribution in [-0.2, 0) is 9.53 Å².